The minimum absolute atomic E-state index is 0.462. The van der Waals surface area contributed by atoms with Crippen molar-refractivity contribution >= 4 is 41.0 Å². The number of carbonyl (C=O) groups is 3. The molecule has 0 radical (unpaired) electrons. The first-order valence-electron chi connectivity index (χ1n) is 10.9. The molecule has 4 aromatic rings. The number of aromatic hydroxyl groups is 2. The van der Waals surface area contributed by atoms with Crippen molar-refractivity contribution in [3.8, 4) is 33.8 Å². The average Bonchev–Trinajstić information content (AvgIpc) is 2.88. The Morgan fingerprint density at radius 3 is 1.45 bits per heavy atom. The molecule has 4 rings (SSSR count). The van der Waals surface area contributed by atoms with Gasteiger partial charge < -0.3 is 26.0 Å². The van der Waals surface area contributed by atoms with Crippen molar-refractivity contribution < 1.29 is 29.7 Å². The van der Waals surface area contributed by atoms with Gasteiger partial charge in [0.2, 0.25) is 6.17 Å². The van der Waals surface area contributed by atoms with Gasteiger partial charge in [0.25, 0.3) is 11.8 Å². The molecule has 192 valence electrons. The van der Waals surface area contributed by atoms with Crippen LogP contribution in [0.5, 0.6) is 11.5 Å². The Balaban J connectivity index is 1.49. The lowest BCUT2D eigenvalue weighted by molar-refractivity contribution is -0.139. The summed E-state index contributed by atoms with van der Waals surface area (Å²) in [6, 6.07) is 16.0. The van der Waals surface area contributed by atoms with Crippen molar-refractivity contribution in [1.29, 1.82) is 0 Å². The summed E-state index contributed by atoms with van der Waals surface area (Å²) < 4.78 is 0. The van der Waals surface area contributed by atoms with Crippen LogP contribution in [-0.2, 0) is 4.79 Å². The summed E-state index contributed by atoms with van der Waals surface area (Å²) in [5.74, 6) is -4.79. The van der Waals surface area contributed by atoms with Crippen LogP contribution in [0.4, 0.5) is 0 Å². The van der Waals surface area contributed by atoms with Gasteiger partial charge in [-0.3, -0.25) is 9.59 Å². The topological polar surface area (TPSA) is 162 Å². The number of nitrogens with zero attached hydrogens (tertiary/aromatic N) is 2. The second-order valence-corrected chi connectivity index (χ2v) is 8.80. The molecule has 2 aromatic heterocycles. The molecule has 2 amide bonds. The lowest BCUT2D eigenvalue weighted by atomic mass is 10.1. The number of carbonyl (C=O) groups excluding carboxylic acids is 2. The fourth-order valence-corrected chi connectivity index (χ4v) is 3.85. The molecule has 5 N–H and O–H groups in total. The Morgan fingerprint density at radius 1 is 0.684 bits per heavy atom. The van der Waals surface area contributed by atoms with Crippen LogP contribution in [0.3, 0.4) is 0 Å². The number of benzene rings is 2. The average molecular weight is 553 g/mol. The number of nitrogens with one attached hydrogen (secondary N) is 2. The standard InChI is InChI=1S/C26H18Cl2N4O6/c27-17-5-1-3-13(7-17)15-9-19(33)21(29-11-15)24(35)31-23(26(37)38)32-25(36)22-20(34)10-16(12-30-22)14-4-2-6-18(28)8-14/h1-12,23,33-34H,(H,31,35)(H,32,36)(H,37,38). The van der Waals surface area contributed by atoms with Crippen LogP contribution in [0.1, 0.15) is 21.0 Å². The van der Waals surface area contributed by atoms with Crippen LogP contribution in [0.25, 0.3) is 22.3 Å². The summed E-state index contributed by atoms with van der Waals surface area (Å²) in [6.07, 6.45) is 0.675. The number of rotatable bonds is 7. The van der Waals surface area contributed by atoms with Crippen LogP contribution in [0, 0.1) is 0 Å². The van der Waals surface area contributed by atoms with Crippen LogP contribution >= 0.6 is 23.2 Å². The Bertz CT molecular complexity index is 1450. The normalized spacial score (nSPS) is 10.7. The smallest absolute Gasteiger partial charge is 0.347 e. The second-order valence-electron chi connectivity index (χ2n) is 7.92. The molecular weight excluding hydrogens is 535 g/mol. The fourth-order valence-electron chi connectivity index (χ4n) is 3.47. The first-order chi connectivity index (χ1) is 18.1. The molecule has 10 nitrogen and oxygen atoms in total. The number of carboxylic acids is 1. The molecule has 2 heterocycles. The Kier molecular flexibility index (Phi) is 7.75. The Labute approximate surface area is 225 Å². The summed E-state index contributed by atoms with van der Waals surface area (Å²) in [4.78, 5) is 44.9. The molecule has 0 aliphatic heterocycles. The molecule has 0 unspecified atom stereocenters. The molecule has 38 heavy (non-hydrogen) atoms. The number of carboxylic acid groups (broad SMARTS) is 1. The van der Waals surface area contributed by atoms with Crippen molar-refractivity contribution in [3.63, 3.8) is 0 Å². The largest absolute Gasteiger partial charge is 0.505 e. The van der Waals surface area contributed by atoms with Crippen LogP contribution in [0.2, 0.25) is 10.0 Å². The maximum absolute atomic E-state index is 12.7. The highest BCUT2D eigenvalue weighted by Crippen LogP contribution is 2.28. The summed E-state index contributed by atoms with van der Waals surface area (Å²) in [6.45, 7) is 0. The Hall–Kier alpha value is -4.67. The minimum Gasteiger partial charge on any atom is -0.505 e. The van der Waals surface area contributed by atoms with Crippen molar-refractivity contribution in [2.24, 2.45) is 0 Å². The van der Waals surface area contributed by atoms with E-state index in [1.54, 1.807) is 48.5 Å². The van der Waals surface area contributed by atoms with Crippen LogP contribution < -0.4 is 10.6 Å². The predicted molar refractivity (Wildman–Crippen MR) is 139 cm³/mol. The van der Waals surface area contributed by atoms with Gasteiger partial charge in [-0.1, -0.05) is 47.5 Å². The predicted octanol–water partition coefficient (Wildman–Crippen LogP) is 4.10. The highest BCUT2D eigenvalue weighted by Gasteiger charge is 2.27. The van der Waals surface area contributed by atoms with Crippen molar-refractivity contribution in [2.75, 3.05) is 0 Å². The molecule has 0 saturated heterocycles. The molecule has 2 aromatic carbocycles. The van der Waals surface area contributed by atoms with Crippen molar-refractivity contribution in [3.05, 3.63) is 94.5 Å². The first-order valence-corrected chi connectivity index (χ1v) is 11.6. The summed E-state index contributed by atoms with van der Waals surface area (Å²) >= 11 is 12.0. The molecular formula is C26H18Cl2N4O6. The third kappa shape index (κ3) is 6.00. The van der Waals surface area contributed by atoms with E-state index in [9.17, 15) is 29.7 Å². The van der Waals surface area contributed by atoms with Gasteiger partial charge in [-0.15, -0.1) is 0 Å². The summed E-state index contributed by atoms with van der Waals surface area (Å²) in [5.41, 5.74) is 1.26. The lowest BCUT2D eigenvalue weighted by Crippen LogP contribution is -2.53. The van der Waals surface area contributed by atoms with Crippen LogP contribution in [0.15, 0.2) is 73.1 Å². The lowest BCUT2D eigenvalue weighted by Gasteiger charge is -2.17. The number of hydrogen-bond acceptors (Lipinski definition) is 7. The molecule has 0 aliphatic rings. The van der Waals surface area contributed by atoms with Gasteiger partial charge in [0, 0.05) is 33.6 Å². The highest BCUT2D eigenvalue weighted by atomic mass is 35.5. The van der Waals surface area contributed by atoms with Gasteiger partial charge in [0.05, 0.1) is 0 Å². The number of aromatic nitrogens is 2. The molecule has 0 spiro atoms. The quantitative estimate of drug-likeness (QED) is 0.214. The third-order valence-electron chi connectivity index (χ3n) is 5.28. The van der Waals surface area contributed by atoms with E-state index in [0.29, 0.717) is 32.3 Å². The summed E-state index contributed by atoms with van der Waals surface area (Å²) in [5, 5.41) is 35.2. The zero-order valence-corrected chi connectivity index (χ0v) is 20.7. The second kappa shape index (κ2) is 11.2. The van der Waals surface area contributed by atoms with Gasteiger partial charge in [-0.05, 0) is 47.5 Å². The fraction of sp³-hybridized carbons (Fsp3) is 0.0385. The number of amides is 2. The molecule has 12 heteroatoms. The van der Waals surface area contributed by atoms with E-state index in [1.807, 2.05) is 0 Å². The molecule has 0 bridgehead atoms. The SMILES string of the molecule is O=C(NC(NC(=O)c1ncc(-c2cccc(Cl)c2)cc1O)C(=O)O)c1ncc(-c2cccc(Cl)c2)cc1O. The number of aliphatic carboxylic acids is 1. The van der Waals surface area contributed by atoms with Crippen molar-refractivity contribution in [2.45, 2.75) is 6.17 Å². The van der Waals surface area contributed by atoms with E-state index in [2.05, 4.69) is 20.6 Å². The van der Waals surface area contributed by atoms with E-state index < -0.39 is 46.8 Å². The van der Waals surface area contributed by atoms with Gasteiger partial charge in [0.15, 0.2) is 11.4 Å². The van der Waals surface area contributed by atoms with Gasteiger partial charge >= 0.3 is 5.97 Å². The summed E-state index contributed by atoms with van der Waals surface area (Å²) in [7, 11) is 0. The first kappa shape index (κ1) is 26.4. The van der Waals surface area contributed by atoms with Gasteiger partial charge in [-0.25, -0.2) is 14.8 Å². The molecule has 0 saturated carbocycles. The van der Waals surface area contributed by atoms with E-state index in [4.69, 9.17) is 23.2 Å². The highest BCUT2D eigenvalue weighted by molar-refractivity contribution is 6.31. The molecule has 0 aliphatic carbocycles. The zero-order chi connectivity index (χ0) is 27.4. The Morgan fingerprint density at radius 2 is 1.11 bits per heavy atom. The maximum Gasteiger partial charge on any atom is 0.347 e. The van der Waals surface area contributed by atoms with E-state index in [1.165, 1.54) is 24.5 Å². The third-order valence-corrected chi connectivity index (χ3v) is 5.75. The maximum atomic E-state index is 12.7. The number of pyridine rings is 2. The van der Waals surface area contributed by atoms with Crippen LogP contribution in [-0.4, -0.2) is 49.2 Å². The number of halogens is 2. The van der Waals surface area contributed by atoms with Gasteiger partial charge in [-0.2, -0.15) is 0 Å². The van der Waals surface area contributed by atoms with E-state index in [-0.39, 0.29) is 0 Å². The number of hydrogen-bond donors (Lipinski definition) is 5. The van der Waals surface area contributed by atoms with Gasteiger partial charge in [0.1, 0.15) is 11.5 Å². The van der Waals surface area contributed by atoms with E-state index in [0.717, 1.165) is 0 Å². The minimum atomic E-state index is -1.93. The molecule has 0 atom stereocenters. The van der Waals surface area contributed by atoms with E-state index >= 15 is 0 Å². The monoisotopic (exact) mass is 552 g/mol. The van der Waals surface area contributed by atoms with Crippen molar-refractivity contribution in [1.82, 2.24) is 20.6 Å². The molecule has 0 fully saturated rings. The zero-order valence-electron chi connectivity index (χ0n) is 19.2.